The van der Waals surface area contributed by atoms with E-state index in [0.29, 0.717) is 19.0 Å². The fourth-order valence-corrected chi connectivity index (χ4v) is 3.14. The van der Waals surface area contributed by atoms with Crippen LogP contribution in [0, 0.1) is 13.8 Å². The Morgan fingerprint density at radius 3 is 2.29 bits per heavy atom. The minimum Gasteiger partial charge on any atom is -0.355 e. The zero-order chi connectivity index (χ0) is 20.7. The van der Waals surface area contributed by atoms with E-state index >= 15 is 0 Å². The zero-order valence-electron chi connectivity index (χ0n) is 15.8. The number of benzene rings is 1. The summed E-state index contributed by atoms with van der Waals surface area (Å²) in [4.78, 5) is 21.7. The molecule has 2 aromatic rings. The van der Waals surface area contributed by atoms with E-state index in [1.165, 1.54) is 4.88 Å². The van der Waals surface area contributed by atoms with Crippen LogP contribution in [-0.4, -0.2) is 37.0 Å². The number of hydrogen-bond acceptors (Lipinski definition) is 4. The van der Waals surface area contributed by atoms with Crippen molar-refractivity contribution < 1.29 is 18.0 Å². The standard InChI is InChI=1S/C18H22F3N5OS/c1-11-12(2)28-15(26-11)10-25-17(22-3)24-9-8-23-16(27)13-4-6-14(7-5-13)18(19,20)21/h4-7H,8-10H2,1-3H3,(H,23,27)(H2,22,24,25). The van der Waals surface area contributed by atoms with E-state index in [2.05, 4.69) is 25.9 Å². The molecule has 0 spiro atoms. The molecule has 0 bridgehead atoms. The summed E-state index contributed by atoms with van der Waals surface area (Å²) in [7, 11) is 1.63. The first kappa shape index (κ1) is 21.7. The Hall–Kier alpha value is -2.62. The van der Waals surface area contributed by atoms with Gasteiger partial charge in [0.2, 0.25) is 0 Å². The third-order valence-corrected chi connectivity index (χ3v) is 4.95. The fourth-order valence-electron chi connectivity index (χ4n) is 2.26. The number of amides is 1. The lowest BCUT2D eigenvalue weighted by Gasteiger charge is -2.12. The molecule has 0 saturated heterocycles. The Morgan fingerprint density at radius 1 is 1.11 bits per heavy atom. The van der Waals surface area contributed by atoms with Crippen LogP contribution < -0.4 is 16.0 Å². The highest BCUT2D eigenvalue weighted by Crippen LogP contribution is 2.29. The summed E-state index contributed by atoms with van der Waals surface area (Å²) in [5.41, 5.74) is 0.395. The van der Waals surface area contributed by atoms with Gasteiger partial charge < -0.3 is 16.0 Å². The van der Waals surface area contributed by atoms with E-state index in [4.69, 9.17) is 0 Å². The summed E-state index contributed by atoms with van der Waals surface area (Å²) < 4.78 is 37.6. The number of carbonyl (C=O) groups excluding carboxylic acids is 1. The number of guanidine groups is 1. The van der Waals surface area contributed by atoms with Crippen molar-refractivity contribution in [2.24, 2.45) is 4.99 Å². The van der Waals surface area contributed by atoms with Gasteiger partial charge in [-0.25, -0.2) is 4.98 Å². The van der Waals surface area contributed by atoms with Crippen LogP contribution in [0.15, 0.2) is 29.3 Å². The highest BCUT2D eigenvalue weighted by Gasteiger charge is 2.30. The molecule has 0 fully saturated rings. The van der Waals surface area contributed by atoms with Gasteiger partial charge in [0, 0.05) is 30.6 Å². The van der Waals surface area contributed by atoms with Crippen LogP contribution in [-0.2, 0) is 12.7 Å². The average molecular weight is 413 g/mol. The van der Waals surface area contributed by atoms with Gasteiger partial charge in [-0.1, -0.05) is 0 Å². The summed E-state index contributed by atoms with van der Waals surface area (Å²) in [6.45, 7) is 5.21. The highest BCUT2D eigenvalue weighted by atomic mass is 32.1. The van der Waals surface area contributed by atoms with Crippen molar-refractivity contribution in [1.82, 2.24) is 20.9 Å². The maximum Gasteiger partial charge on any atom is 0.416 e. The van der Waals surface area contributed by atoms with Crippen molar-refractivity contribution in [3.63, 3.8) is 0 Å². The molecule has 3 N–H and O–H groups in total. The van der Waals surface area contributed by atoms with Crippen molar-refractivity contribution >= 4 is 23.2 Å². The van der Waals surface area contributed by atoms with Crippen molar-refractivity contribution in [3.8, 4) is 0 Å². The molecule has 1 aromatic heterocycles. The summed E-state index contributed by atoms with van der Waals surface area (Å²) in [6.07, 6.45) is -4.42. The fraction of sp³-hybridized carbons (Fsp3) is 0.389. The molecule has 28 heavy (non-hydrogen) atoms. The van der Waals surface area contributed by atoms with Crippen molar-refractivity contribution in [2.75, 3.05) is 20.1 Å². The number of halogens is 3. The molecule has 1 aromatic carbocycles. The summed E-state index contributed by atoms with van der Waals surface area (Å²) in [5.74, 6) is 0.126. The van der Waals surface area contributed by atoms with E-state index in [1.807, 2.05) is 13.8 Å². The molecule has 1 amide bonds. The molecular formula is C18H22F3N5OS. The van der Waals surface area contributed by atoms with Gasteiger partial charge in [0.1, 0.15) is 5.01 Å². The first-order valence-electron chi connectivity index (χ1n) is 8.53. The first-order chi connectivity index (χ1) is 13.2. The normalized spacial score (nSPS) is 12.0. The summed E-state index contributed by atoms with van der Waals surface area (Å²) in [5, 5.41) is 9.78. The Balaban J connectivity index is 1.73. The second-order valence-electron chi connectivity index (χ2n) is 5.93. The number of alkyl halides is 3. The molecule has 0 radical (unpaired) electrons. The Labute approximate surface area is 165 Å². The van der Waals surface area contributed by atoms with E-state index in [0.717, 1.165) is 35.0 Å². The zero-order valence-corrected chi connectivity index (χ0v) is 16.6. The van der Waals surface area contributed by atoms with Crippen molar-refractivity contribution in [1.29, 1.82) is 0 Å². The van der Waals surface area contributed by atoms with E-state index in [-0.39, 0.29) is 12.1 Å². The minimum atomic E-state index is -4.42. The molecular weight excluding hydrogens is 391 g/mol. The number of carbonyl (C=O) groups is 1. The Kier molecular flexibility index (Phi) is 7.38. The summed E-state index contributed by atoms with van der Waals surface area (Å²) in [6, 6.07) is 4.09. The van der Waals surface area contributed by atoms with Crippen molar-refractivity contribution in [3.05, 3.63) is 51.0 Å². The van der Waals surface area contributed by atoms with Crippen LogP contribution in [0.5, 0.6) is 0 Å². The van der Waals surface area contributed by atoms with Gasteiger partial charge in [-0.15, -0.1) is 11.3 Å². The third kappa shape index (κ3) is 6.22. The molecule has 0 aliphatic rings. The van der Waals surface area contributed by atoms with Crippen LogP contribution in [0.4, 0.5) is 13.2 Å². The van der Waals surface area contributed by atoms with E-state index < -0.39 is 17.6 Å². The number of nitrogens with zero attached hydrogens (tertiary/aromatic N) is 2. The lowest BCUT2D eigenvalue weighted by atomic mass is 10.1. The number of thiazole rings is 1. The smallest absolute Gasteiger partial charge is 0.355 e. The molecule has 0 aliphatic heterocycles. The van der Waals surface area contributed by atoms with Crippen LogP contribution in [0.25, 0.3) is 0 Å². The van der Waals surface area contributed by atoms with Gasteiger partial charge in [0.25, 0.3) is 5.91 Å². The lowest BCUT2D eigenvalue weighted by molar-refractivity contribution is -0.137. The quantitative estimate of drug-likeness (QED) is 0.387. The van der Waals surface area contributed by atoms with Gasteiger partial charge in [-0.2, -0.15) is 13.2 Å². The number of nitrogens with one attached hydrogen (secondary N) is 3. The third-order valence-electron chi connectivity index (χ3n) is 3.88. The molecule has 0 aliphatic carbocycles. The Morgan fingerprint density at radius 2 is 1.75 bits per heavy atom. The molecule has 10 heteroatoms. The molecule has 6 nitrogen and oxygen atoms in total. The van der Waals surface area contributed by atoms with Crippen LogP contribution >= 0.6 is 11.3 Å². The van der Waals surface area contributed by atoms with Crippen molar-refractivity contribution in [2.45, 2.75) is 26.6 Å². The Bertz CT molecular complexity index is 811. The molecule has 152 valence electrons. The monoisotopic (exact) mass is 413 g/mol. The number of aromatic nitrogens is 1. The molecule has 2 rings (SSSR count). The molecule has 0 saturated carbocycles. The van der Waals surface area contributed by atoms with Crippen LogP contribution in [0.1, 0.15) is 31.5 Å². The van der Waals surface area contributed by atoms with Gasteiger partial charge in [0.15, 0.2) is 5.96 Å². The van der Waals surface area contributed by atoms with Gasteiger partial charge in [-0.05, 0) is 38.1 Å². The number of hydrogen-bond donors (Lipinski definition) is 3. The first-order valence-corrected chi connectivity index (χ1v) is 9.35. The number of rotatable bonds is 6. The maximum atomic E-state index is 12.5. The molecule has 1 heterocycles. The van der Waals surface area contributed by atoms with Gasteiger partial charge in [0.05, 0.1) is 17.8 Å². The van der Waals surface area contributed by atoms with E-state index in [1.54, 1.807) is 18.4 Å². The number of aryl methyl sites for hydroxylation is 2. The second kappa shape index (κ2) is 9.54. The molecule has 0 unspecified atom stereocenters. The van der Waals surface area contributed by atoms with Gasteiger partial charge in [-0.3, -0.25) is 9.79 Å². The second-order valence-corrected chi connectivity index (χ2v) is 7.22. The minimum absolute atomic E-state index is 0.171. The van der Waals surface area contributed by atoms with Crippen LogP contribution in [0.3, 0.4) is 0 Å². The largest absolute Gasteiger partial charge is 0.416 e. The maximum absolute atomic E-state index is 12.5. The highest BCUT2D eigenvalue weighted by molar-refractivity contribution is 7.11. The lowest BCUT2D eigenvalue weighted by Crippen LogP contribution is -2.41. The summed E-state index contributed by atoms with van der Waals surface area (Å²) >= 11 is 1.62. The average Bonchev–Trinajstić information content (AvgIpc) is 2.98. The number of aliphatic imine (C=N–C) groups is 1. The predicted molar refractivity (Wildman–Crippen MR) is 104 cm³/mol. The topological polar surface area (TPSA) is 78.4 Å². The van der Waals surface area contributed by atoms with E-state index in [9.17, 15) is 18.0 Å². The van der Waals surface area contributed by atoms with Gasteiger partial charge >= 0.3 is 6.18 Å². The SMILES string of the molecule is CN=C(NCCNC(=O)c1ccc(C(F)(F)F)cc1)NCc1nc(C)c(C)s1. The molecule has 0 atom stereocenters. The van der Waals surface area contributed by atoms with Crippen LogP contribution in [0.2, 0.25) is 0 Å². The predicted octanol–water partition coefficient (Wildman–Crippen LogP) is 2.87.